The van der Waals surface area contributed by atoms with Crippen LogP contribution >= 0.6 is 0 Å². The van der Waals surface area contributed by atoms with E-state index in [0.717, 1.165) is 29.9 Å². The lowest BCUT2D eigenvalue weighted by atomic mass is 10.0. The van der Waals surface area contributed by atoms with Crippen LogP contribution in [0, 0.1) is 11.3 Å². The van der Waals surface area contributed by atoms with Crippen molar-refractivity contribution < 1.29 is 4.74 Å². The maximum Gasteiger partial charge on any atom is 0.145 e. The molecule has 6 nitrogen and oxygen atoms in total. The molecule has 1 aromatic heterocycles. The highest BCUT2D eigenvalue weighted by Crippen LogP contribution is 2.30. The van der Waals surface area contributed by atoms with Gasteiger partial charge in [0, 0.05) is 37.0 Å². The van der Waals surface area contributed by atoms with E-state index < -0.39 is 0 Å². The zero-order valence-electron chi connectivity index (χ0n) is 14.6. The quantitative estimate of drug-likeness (QED) is 0.685. The van der Waals surface area contributed by atoms with Crippen LogP contribution in [0.5, 0.6) is 11.5 Å². The van der Waals surface area contributed by atoms with Crippen LogP contribution in [-0.4, -0.2) is 35.2 Å². The van der Waals surface area contributed by atoms with Crippen LogP contribution in [0.15, 0.2) is 54.7 Å². The molecule has 0 unspecified atom stereocenters. The summed E-state index contributed by atoms with van der Waals surface area (Å²) >= 11 is 0. The van der Waals surface area contributed by atoms with Crippen molar-refractivity contribution in [3.05, 3.63) is 65.9 Å². The Hall–Kier alpha value is -3.14. The van der Waals surface area contributed by atoms with Gasteiger partial charge in [-0.3, -0.25) is 5.10 Å². The first-order valence-electron chi connectivity index (χ1n) is 8.40. The average Bonchev–Trinajstić information content (AvgIpc) is 3.11. The van der Waals surface area contributed by atoms with Gasteiger partial charge in [-0.2, -0.15) is 10.4 Å². The number of H-pyrrole nitrogens is 1. The summed E-state index contributed by atoms with van der Waals surface area (Å²) in [6, 6.07) is 17.2. The fourth-order valence-corrected chi connectivity index (χ4v) is 2.74. The summed E-state index contributed by atoms with van der Waals surface area (Å²) < 4.78 is 5.83. The van der Waals surface area contributed by atoms with Crippen molar-refractivity contribution in [2.45, 2.75) is 6.54 Å². The van der Waals surface area contributed by atoms with Crippen molar-refractivity contribution in [2.75, 3.05) is 20.1 Å². The summed E-state index contributed by atoms with van der Waals surface area (Å²) in [6.07, 6.45) is 1.88. The maximum atomic E-state index is 9.52. The van der Waals surface area contributed by atoms with E-state index in [4.69, 9.17) is 10.5 Å². The van der Waals surface area contributed by atoms with Crippen LogP contribution < -0.4 is 10.5 Å². The van der Waals surface area contributed by atoms with Gasteiger partial charge in [0.05, 0.1) is 11.3 Å². The van der Waals surface area contributed by atoms with E-state index in [0.29, 0.717) is 23.6 Å². The summed E-state index contributed by atoms with van der Waals surface area (Å²) in [4.78, 5) is 2.13. The van der Waals surface area contributed by atoms with Crippen molar-refractivity contribution in [3.8, 4) is 28.8 Å². The van der Waals surface area contributed by atoms with Gasteiger partial charge in [-0.15, -0.1) is 0 Å². The molecule has 0 saturated heterocycles. The van der Waals surface area contributed by atoms with Crippen LogP contribution in [0.25, 0.3) is 11.3 Å². The molecule has 3 N–H and O–H groups in total. The van der Waals surface area contributed by atoms with Crippen molar-refractivity contribution in [3.63, 3.8) is 0 Å². The average molecular weight is 347 g/mol. The number of aromatic amines is 1. The number of nitrogens with two attached hydrogens (primary N) is 1. The monoisotopic (exact) mass is 347 g/mol. The first-order valence-corrected chi connectivity index (χ1v) is 8.40. The standard InChI is InChI=1S/C20H21N5O/c1-25(10-9-21)14-17-13-23-24-20(17)15-7-8-19(16(11-15)12-22)26-18-5-3-2-4-6-18/h2-8,11,13H,9-10,14,21H2,1H3,(H,23,24). The molecule has 132 valence electrons. The second-order valence-electron chi connectivity index (χ2n) is 6.02. The van der Waals surface area contributed by atoms with E-state index >= 15 is 0 Å². The van der Waals surface area contributed by atoms with Crippen molar-refractivity contribution in [2.24, 2.45) is 5.73 Å². The number of hydrogen-bond acceptors (Lipinski definition) is 5. The summed E-state index contributed by atoms with van der Waals surface area (Å²) in [5.74, 6) is 1.22. The lowest BCUT2D eigenvalue weighted by Crippen LogP contribution is -2.25. The lowest BCUT2D eigenvalue weighted by Gasteiger charge is -2.15. The van der Waals surface area contributed by atoms with Crippen LogP contribution in [0.1, 0.15) is 11.1 Å². The minimum atomic E-state index is 0.468. The number of ether oxygens (including phenoxy) is 1. The fraction of sp³-hybridized carbons (Fsp3) is 0.200. The molecule has 6 heteroatoms. The molecule has 2 aromatic carbocycles. The number of rotatable bonds is 7. The first-order chi connectivity index (χ1) is 12.7. The Morgan fingerprint density at radius 2 is 2.04 bits per heavy atom. The first kappa shape index (κ1) is 17.7. The molecule has 0 aliphatic carbocycles. The predicted molar refractivity (Wildman–Crippen MR) is 101 cm³/mol. The number of likely N-dealkylation sites (N-methyl/N-ethyl adjacent to an activating group) is 1. The van der Waals surface area contributed by atoms with E-state index in [-0.39, 0.29) is 0 Å². The van der Waals surface area contributed by atoms with Crippen molar-refractivity contribution in [1.82, 2.24) is 15.1 Å². The highest BCUT2D eigenvalue weighted by molar-refractivity contribution is 5.67. The zero-order valence-corrected chi connectivity index (χ0v) is 14.6. The fourth-order valence-electron chi connectivity index (χ4n) is 2.74. The third kappa shape index (κ3) is 4.09. The largest absolute Gasteiger partial charge is 0.456 e. The predicted octanol–water partition coefficient (Wildman–Crippen LogP) is 3.13. The van der Waals surface area contributed by atoms with Gasteiger partial charge in [-0.25, -0.2) is 0 Å². The molecular weight excluding hydrogens is 326 g/mol. The molecule has 0 aliphatic heterocycles. The number of nitrogens with zero attached hydrogens (tertiary/aromatic N) is 3. The molecular formula is C20H21N5O. The van der Waals surface area contributed by atoms with E-state index in [9.17, 15) is 5.26 Å². The third-order valence-corrected chi connectivity index (χ3v) is 4.01. The highest BCUT2D eigenvalue weighted by Gasteiger charge is 2.13. The van der Waals surface area contributed by atoms with E-state index in [1.54, 1.807) is 6.07 Å². The van der Waals surface area contributed by atoms with Crippen LogP contribution in [-0.2, 0) is 6.54 Å². The zero-order chi connectivity index (χ0) is 18.4. The molecule has 0 spiro atoms. The number of benzene rings is 2. The molecule has 3 rings (SSSR count). The van der Waals surface area contributed by atoms with Crippen LogP contribution in [0.4, 0.5) is 0 Å². The Morgan fingerprint density at radius 3 is 2.77 bits per heavy atom. The number of para-hydroxylation sites is 1. The molecule has 0 radical (unpaired) electrons. The maximum absolute atomic E-state index is 9.52. The number of hydrogen-bond donors (Lipinski definition) is 2. The van der Waals surface area contributed by atoms with Gasteiger partial charge in [0.1, 0.15) is 17.6 Å². The molecule has 3 aromatic rings. The van der Waals surface area contributed by atoms with E-state index in [2.05, 4.69) is 21.2 Å². The SMILES string of the molecule is CN(CCN)Cc1c[nH]nc1-c1ccc(Oc2ccccc2)c(C#N)c1. The summed E-state index contributed by atoms with van der Waals surface area (Å²) in [5.41, 5.74) is 8.84. The van der Waals surface area contributed by atoms with Gasteiger partial charge >= 0.3 is 0 Å². The van der Waals surface area contributed by atoms with Crippen molar-refractivity contribution in [1.29, 1.82) is 5.26 Å². The van der Waals surface area contributed by atoms with E-state index in [1.807, 2.05) is 55.7 Å². The Morgan fingerprint density at radius 1 is 1.23 bits per heavy atom. The Bertz CT molecular complexity index is 898. The molecule has 0 atom stereocenters. The van der Waals surface area contributed by atoms with Gasteiger partial charge < -0.3 is 15.4 Å². The minimum Gasteiger partial charge on any atom is -0.456 e. The molecule has 0 saturated carbocycles. The third-order valence-electron chi connectivity index (χ3n) is 4.01. The lowest BCUT2D eigenvalue weighted by molar-refractivity contribution is 0.337. The second-order valence-corrected chi connectivity index (χ2v) is 6.02. The van der Waals surface area contributed by atoms with Crippen LogP contribution in [0.3, 0.4) is 0 Å². The van der Waals surface area contributed by atoms with Crippen molar-refractivity contribution >= 4 is 0 Å². The normalized spacial score (nSPS) is 10.7. The van der Waals surface area contributed by atoms with Gasteiger partial charge in [-0.1, -0.05) is 18.2 Å². The van der Waals surface area contributed by atoms with Gasteiger partial charge in [0.25, 0.3) is 0 Å². The van der Waals surface area contributed by atoms with E-state index in [1.165, 1.54) is 0 Å². The van der Waals surface area contributed by atoms with Crippen LogP contribution in [0.2, 0.25) is 0 Å². The smallest absolute Gasteiger partial charge is 0.145 e. The molecule has 0 aliphatic rings. The molecule has 1 heterocycles. The van der Waals surface area contributed by atoms with Gasteiger partial charge in [0.2, 0.25) is 0 Å². The molecule has 0 bridgehead atoms. The Labute approximate surface area is 152 Å². The van der Waals surface area contributed by atoms with Gasteiger partial charge in [0.15, 0.2) is 0 Å². The highest BCUT2D eigenvalue weighted by atomic mass is 16.5. The summed E-state index contributed by atoms with van der Waals surface area (Å²) in [5, 5.41) is 16.8. The number of nitriles is 1. The Kier molecular flexibility index (Phi) is 5.64. The number of aromatic nitrogens is 2. The molecule has 0 amide bonds. The summed E-state index contributed by atoms with van der Waals surface area (Å²) in [6.45, 7) is 2.14. The summed E-state index contributed by atoms with van der Waals surface area (Å²) in [7, 11) is 2.02. The molecule has 0 fully saturated rings. The second kappa shape index (κ2) is 8.30. The Balaban J connectivity index is 1.87. The molecule has 26 heavy (non-hydrogen) atoms. The minimum absolute atomic E-state index is 0.468. The topological polar surface area (TPSA) is 91.0 Å². The van der Waals surface area contributed by atoms with Gasteiger partial charge in [-0.05, 0) is 37.4 Å². The number of nitrogens with one attached hydrogen (secondary N) is 1.